The van der Waals surface area contributed by atoms with Crippen LogP contribution in [0.5, 0.6) is 0 Å². The second-order valence-electron chi connectivity index (χ2n) is 2.95. The van der Waals surface area contributed by atoms with Crippen molar-refractivity contribution < 1.29 is 24.2 Å². The molecule has 1 rings (SSSR count). The minimum Gasteiger partial charge on any atom is -0.479 e. The first-order chi connectivity index (χ1) is 7.59. The van der Waals surface area contributed by atoms with E-state index in [0.29, 0.717) is 5.76 Å². The molecule has 0 spiro atoms. The molecule has 0 saturated carbocycles. The average Bonchev–Trinajstić information content (AvgIpc) is 2.75. The summed E-state index contributed by atoms with van der Waals surface area (Å²) >= 11 is 0. The summed E-state index contributed by atoms with van der Waals surface area (Å²) in [4.78, 5) is 21.3. The Morgan fingerprint density at radius 3 is 2.88 bits per heavy atom. The molecule has 0 radical (unpaired) electrons. The molecule has 0 saturated heterocycles. The molecule has 0 aliphatic heterocycles. The molecule has 1 atom stereocenters. The van der Waals surface area contributed by atoms with Gasteiger partial charge in [0.25, 0.3) is 0 Å². The van der Waals surface area contributed by atoms with Crippen LogP contribution in [0.4, 0.5) is 0 Å². The zero-order chi connectivity index (χ0) is 12.0. The van der Waals surface area contributed by atoms with E-state index < -0.39 is 18.0 Å². The number of amides is 1. The number of carbonyl (C=O) groups excluding carboxylic acids is 1. The van der Waals surface area contributed by atoms with Crippen LogP contribution in [-0.4, -0.2) is 34.7 Å². The van der Waals surface area contributed by atoms with Gasteiger partial charge in [0.05, 0.1) is 12.8 Å². The third-order valence-corrected chi connectivity index (χ3v) is 1.70. The van der Waals surface area contributed by atoms with Crippen molar-refractivity contribution in [1.29, 1.82) is 0 Å². The summed E-state index contributed by atoms with van der Waals surface area (Å²) in [5.41, 5.74) is 0. The average molecular weight is 225 g/mol. The lowest BCUT2D eigenvalue weighted by Gasteiger charge is -2.04. The lowest BCUT2D eigenvalue weighted by molar-refractivity contribution is -0.146. The largest absolute Gasteiger partial charge is 0.479 e. The maximum Gasteiger partial charge on any atom is 0.334 e. The van der Waals surface area contributed by atoms with E-state index in [1.54, 1.807) is 12.1 Å². The summed E-state index contributed by atoms with van der Waals surface area (Å²) in [6, 6.07) is 3.33. The van der Waals surface area contributed by atoms with Gasteiger partial charge in [-0.1, -0.05) is 0 Å². The highest BCUT2D eigenvalue weighted by Crippen LogP contribution is 2.01. The summed E-state index contributed by atoms with van der Waals surface area (Å²) in [5.74, 6) is -1.37. The van der Waals surface area contributed by atoms with Crippen molar-refractivity contribution in [3.05, 3.63) is 30.2 Å². The number of carboxylic acid groups (broad SMARTS) is 1. The molecule has 1 heterocycles. The number of aliphatic hydroxyl groups excluding tert-OH is 1. The van der Waals surface area contributed by atoms with E-state index >= 15 is 0 Å². The topological polar surface area (TPSA) is 99.8 Å². The fourth-order valence-corrected chi connectivity index (χ4v) is 0.887. The standard InChI is InChI=1S/C10H11NO5/c12-8(10(14)15)6-11-9(13)4-3-7-2-1-5-16-7/h1-5,8,12H,6H2,(H,11,13)(H,14,15)/b4-3+/t8-/m0/s1. The lowest BCUT2D eigenvalue weighted by atomic mass is 10.3. The van der Waals surface area contributed by atoms with E-state index in [-0.39, 0.29) is 6.54 Å². The van der Waals surface area contributed by atoms with Crippen molar-refractivity contribution in [1.82, 2.24) is 5.32 Å². The minimum absolute atomic E-state index is 0.337. The molecule has 0 aliphatic carbocycles. The fraction of sp³-hybridized carbons (Fsp3) is 0.200. The maximum atomic E-state index is 11.1. The number of hydrogen-bond donors (Lipinski definition) is 3. The molecule has 16 heavy (non-hydrogen) atoms. The molecule has 0 aromatic carbocycles. The Morgan fingerprint density at radius 2 is 2.31 bits per heavy atom. The van der Waals surface area contributed by atoms with Gasteiger partial charge in [-0.05, 0) is 18.2 Å². The Labute approximate surface area is 91.2 Å². The van der Waals surface area contributed by atoms with Gasteiger partial charge in [-0.3, -0.25) is 4.79 Å². The van der Waals surface area contributed by atoms with E-state index in [0.717, 1.165) is 0 Å². The van der Waals surface area contributed by atoms with Gasteiger partial charge in [-0.25, -0.2) is 4.79 Å². The van der Waals surface area contributed by atoms with Gasteiger partial charge in [-0.15, -0.1) is 0 Å². The van der Waals surface area contributed by atoms with Gasteiger partial charge in [-0.2, -0.15) is 0 Å². The highest BCUT2D eigenvalue weighted by Gasteiger charge is 2.12. The van der Waals surface area contributed by atoms with Crippen LogP contribution in [0.15, 0.2) is 28.9 Å². The maximum absolute atomic E-state index is 11.1. The van der Waals surface area contributed by atoms with Crippen LogP contribution in [0.2, 0.25) is 0 Å². The SMILES string of the molecule is O=C(/C=C/c1ccco1)NC[C@H](O)C(=O)O. The predicted molar refractivity (Wildman–Crippen MR) is 54.4 cm³/mol. The number of furan rings is 1. The molecule has 0 unspecified atom stereocenters. The van der Waals surface area contributed by atoms with Crippen LogP contribution in [0, 0.1) is 0 Å². The number of rotatable bonds is 5. The molecule has 0 bridgehead atoms. The Bertz CT molecular complexity index is 382. The smallest absolute Gasteiger partial charge is 0.334 e. The van der Waals surface area contributed by atoms with Crippen LogP contribution < -0.4 is 5.32 Å². The summed E-state index contributed by atoms with van der Waals surface area (Å²) in [6.45, 7) is -0.337. The molecule has 0 aliphatic rings. The van der Waals surface area contributed by atoms with Gasteiger partial charge in [0.15, 0.2) is 6.10 Å². The van der Waals surface area contributed by atoms with Gasteiger partial charge in [0.1, 0.15) is 5.76 Å². The Kier molecular flexibility index (Phi) is 4.28. The quantitative estimate of drug-likeness (QED) is 0.605. The monoisotopic (exact) mass is 225 g/mol. The first kappa shape index (κ1) is 12.0. The normalized spacial score (nSPS) is 12.6. The van der Waals surface area contributed by atoms with E-state index in [4.69, 9.17) is 14.6 Å². The fourth-order valence-electron chi connectivity index (χ4n) is 0.887. The highest BCUT2D eigenvalue weighted by molar-refractivity contribution is 5.91. The predicted octanol–water partition coefficient (Wildman–Crippen LogP) is -0.146. The van der Waals surface area contributed by atoms with E-state index in [2.05, 4.69) is 5.32 Å². The van der Waals surface area contributed by atoms with Crippen molar-refractivity contribution in [3.8, 4) is 0 Å². The van der Waals surface area contributed by atoms with Crippen molar-refractivity contribution in [3.63, 3.8) is 0 Å². The molecular weight excluding hydrogens is 214 g/mol. The van der Waals surface area contributed by atoms with E-state index in [1.807, 2.05) is 0 Å². The van der Waals surface area contributed by atoms with Crippen LogP contribution in [0.25, 0.3) is 6.08 Å². The third kappa shape index (κ3) is 3.97. The number of carboxylic acids is 1. The molecule has 6 heteroatoms. The van der Waals surface area contributed by atoms with E-state index in [9.17, 15) is 9.59 Å². The van der Waals surface area contributed by atoms with Crippen LogP contribution in [-0.2, 0) is 9.59 Å². The number of carbonyl (C=O) groups is 2. The van der Waals surface area contributed by atoms with Crippen molar-refractivity contribution in [2.75, 3.05) is 6.54 Å². The molecule has 0 fully saturated rings. The Morgan fingerprint density at radius 1 is 1.56 bits per heavy atom. The number of aliphatic carboxylic acids is 1. The molecule has 1 amide bonds. The van der Waals surface area contributed by atoms with E-state index in [1.165, 1.54) is 18.4 Å². The highest BCUT2D eigenvalue weighted by atomic mass is 16.4. The Balaban J connectivity index is 2.34. The molecule has 86 valence electrons. The second kappa shape index (κ2) is 5.72. The zero-order valence-electron chi connectivity index (χ0n) is 8.29. The zero-order valence-corrected chi connectivity index (χ0v) is 8.29. The molecule has 6 nitrogen and oxygen atoms in total. The molecule has 1 aromatic heterocycles. The van der Waals surface area contributed by atoms with Gasteiger partial charge in [0.2, 0.25) is 5.91 Å². The lowest BCUT2D eigenvalue weighted by Crippen LogP contribution is -2.35. The van der Waals surface area contributed by atoms with Crippen molar-refractivity contribution >= 4 is 18.0 Å². The summed E-state index contributed by atoms with van der Waals surface area (Å²) in [7, 11) is 0. The van der Waals surface area contributed by atoms with Crippen LogP contribution >= 0.6 is 0 Å². The Hall–Kier alpha value is -2.08. The first-order valence-electron chi connectivity index (χ1n) is 4.50. The van der Waals surface area contributed by atoms with Gasteiger partial charge >= 0.3 is 5.97 Å². The van der Waals surface area contributed by atoms with Crippen molar-refractivity contribution in [2.45, 2.75) is 6.10 Å². The molecular formula is C10H11NO5. The second-order valence-corrected chi connectivity index (χ2v) is 2.95. The first-order valence-corrected chi connectivity index (χ1v) is 4.50. The number of nitrogens with one attached hydrogen (secondary N) is 1. The summed E-state index contributed by atoms with van der Waals surface area (Å²) in [6.07, 6.45) is 2.49. The van der Waals surface area contributed by atoms with Gasteiger partial charge in [0, 0.05) is 6.08 Å². The van der Waals surface area contributed by atoms with Crippen molar-refractivity contribution in [2.24, 2.45) is 0 Å². The summed E-state index contributed by atoms with van der Waals surface area (Å²) in [5, 5.41) is 19.4. The van der Waals surface area contributed by atoms with Crippen LogP contribution in [0.3, 0.4) is 0 Å². The minimum atomic E-state index is -1.60. The molecule has 3 N–H and O–H groups in total. The third-order valence-electron chi connectivity index (χ3n) is 1.70. The number of aliphatic hydroxyl groups is 1. The molecule has 1 aromatic rings. The van der Waals surface area contributed by atoms with Crippen LogP contribution in [0.1, 0.15) is 5.76 Å². The van der Waals surface area contributed by atoms with Gasteiger partial charge < -0.3 is 19.9 Å². The summed E-state index contributed by atoms with van der Waals surface area (Å²) < 4.78 is 4.94. The number of hydrogen-bond acceptors (Lipinski definition) is 4.